The van der Waals surface area contributed by atoms with Crippen LogP contribution in [0.4, 0.5) is 0 Å². The quantitative estimate of drug-likeness (QED) is 0.633. The van der Waals surface area contributed by atoms with E-state index in [1.165, 1.54) is 0 Å². The van der Waals surface area contributed by atoms with Crippen LogP contribution in [0.25, 0.3) is 0 Å². The Morgan fingerprint density at radius 1 is 1.12 bits per heavy atom. The van der Waals surface area contributed by atoms with Crippen LogP contribution in [0, 0.1) is 5.41 Å². The Balaban J connectivity index is 0.00000338. The Labute approximate surface area is 165 Å². The predicted octanol–water partition coefficient (Wildman–Crippen LogP) is 5.22. The standard InChI is InChI=1S/C22H35NO2.ClH/c1-8-25-20(24)22(18-12-10-9-11-13-18)15-14-21(6,7)19(22)23(16(2)3)17(4)5;/h9-13,16-17,19H,8,14-15H2,1-7H3;1H. The summed E-state index contributed by atoms with van der Waals surface area (Å²) in [6.07, 6.45) is 1.85. The lowest BCUT2D eigenvalue weighted by atomic mass is 9.69. The summed E-state index contributed by atoms with van der Waals surface area (Å²) in [4.78, 5) is 15.9. The molecule has 0 bridgehead atoms. The van der Waals surface area contributed by atoms with Crippen molar-refractivity contribution in [2.45, 2.75) is 84.8 Å². The fraction of sp³-hybridized carbons (Fsp3) is 0.682. The minimum absolute atomic E-state index is 0. The maximum Gasteiger partial charge on any atom is 0.318 e. The molecule has 148 valence electrons. The SMILES string of the molecule is CCOC(=O)C1(c2ccccc2)CCC(C)(C)C1N(C(C)C)C(C)C.Cl. The molecule has 0 N–H and O–H groups in total. The van der Waals surface area contributed by atoms with Gasteiger partial charge in [-0.2, -0.15) is 0 Å². The molecule has 0 aliphatic heterocycles. The zero-order chi connectivity index (χ0) is 18.8. The van der Waals surface area contributed by atoms with Gasteiger partial charge in [-0.05, 0) is 58.4 Å². The molecule has 2 rings (SSSR count). The van der Waals surface area contributed by atoms with E-state index in [9.17, 15) is 4.79 Å². The highest BCUT2D eigenvalue weighted by Gasteiger charge is 2.61. The summed E-state index contributed by atoms with van der Waals surface area (Å²) in [6, 6.07) is 11.1. The first-order valence-corrected chi connectivity index (χ1v) is 9.68. The number of carbonyl (C=O) groups is 1. The van der Waals surface area contributed by atoms with Gasteiger partial charge >= 0.3 is 5.97 Å². The third-order valence-corrected chi connectivity index (χ3v) is 5.79. The van der Waals surface area contributed by atoms with Crippen molar-refractivity contribution >= 4 is 18.4 Å². The van der Waals surface area contributed by atoms with E-state index in [1.54, 1.807) is 0 Å². The predicted molar refractivity (Wildman–Crippen MR) is 111 cm³/mol. The van der Waals surface area contributed by atoms with Gasteiger partial charge in [-0.3, -0.25) is 9.69 Å². The molecule has 0 saturated heterocycles. The Hall–Kier alpha value is -1.06. The molecule has 1 aromatic carbocycles. The van der Waals surface area contributed by atoms with Crippen LogP contribution in [0.2, 0.25) is 0 Å². The van der Waals surface area contributed by atoms with Gasteiger partial charge in [0, 0.05) is 18.1 Å². The van der Waals surface area contributed by atoms with Gasteiger partial charge in [0.15, 0.2) is 0 Å². The van der Waals surface area contributed by atoms with E-state index in [-0.39, 0.29) is 29.8 Å². The highest BCUT2D eigenvalue weighted by Crippen LogP contribution is 2.54. The first-order valence-electron chi connectivity index (χ1n) is 9.68. The number of halogens is 1. The zero-order valence-electron chi connectivity index (χ0n) is 17.4. The first kappa shape index (κ1) is 23.0. The van der Waals surface area contributed by atoms with E-state index in [0.717, 1.165) is 18.4 Å². The average molecular weight is 382 g/mol. The third-order valence-electron chi connectivity index (χ3n) is 5.79. The molecular formula is C22H36ClNO2. The first-order chi connectivity index (χ1) is 11.7. The van der Waals surface area contributed by atoms with Crippen LogP contribution in [-0.4, -0.2) is 35.6 Å². The van der Waals surface area contributed by atoms with Crippen LogP contribution in [0.1, 0.15) is 66.9 Å². The number of hydrogen-bond acceptors (Lipinski definition) is 3. The molecule has 2 atom stereocenters. The van der Waals surface area contributed by atoms with Crippen LogP contribution in [-0.2, 0) is 14.9 Å². The number of rotatable bonds is 6. The molecular weight excluding hydrogens is 346 g/mol. The fourth-order valence-electron chi connectivity index (χ4n) is 4.94. The van der Waals surface area contributed by atoms with Gasteiger partial charge < -0.3 is 4.74 Å². The van der Waals surface area contributed by atoms with Crippen molar-refractivity contribution in [1.29, 1.82) is 0 Å². The molecule has 0 heterocycles. The van der Waals surface area contributed by atoms with E-state index < -0.39 is 5.41 Å². The van der Waals surface area contributed by atoms with Crippen molar-refractivity contribution in [2.24, 2.45) is 5.41 Å². The summed E-state index contributed by atoms with van der Waals surface area (Å²) in [5, 5.41) is 0. The lowest BCUT2D eigenvalue weighted by Crippen LogP contribution is -2.60. The molecule has 1 aromatic rings. The fourth-order valence-corrected chi connectivity index (χ4v) is 4.94. The summed E-state index contributed by atoms with van der Waals surface area (Å²) in [5.41, 5.74) is 0.530. The summed E-state index contributed by atoms with van der Waals surface area (Å²) >= 11 is 0. The second-order valence-corrected chi connectivity index (χ2v) is 8.58. The second kappa shape index (κ2) is 8.75. The van der Waals surface area contributed by atoms with Gasteiger partial charge in [-0.25, -0.2) is 0 Å². The van der Waals surface area contributed by atoms with Crippen molar-refractivity contribution in [1.82, 2.24) is 4.90 Å². The Kier molecular flexibility index (Phi) is 7.74. The molecule has 0 spiro atoms. The second-order valence-electron chi connectivity index (χ2n) is 8.58. The zero-order valence-corrected chi connectivity index (χ0v) is 18.2. The Morgan fingerprint density at radius 2 is 1.65 bits per heavy atom. The molecule has 3 nitrogen and oxygen atoms in total. The Bertz CT molecular complexity index is 577. The van der Waals surface area contributed by atoms with Crippen molar-refractivity contribution in [3.63, 3.8) is 0 Å². The van der Waals surface area contributed by atoms with Crippen molar-refractivity contribution < 1.29 is 9.53 Å². The lowest BCUT2D eigenvalue weighted by molar-refractivity contribution is -0.154. The molecule has 4 heteroatoms. The highest BCUT2D eigenvalue weighted by molar-refractivity contribution is 5.85. The molecule has 26 heavy (non-hydrogen) atoms. The number of benzene rings is 1. The lowest BCUT2D eigenvalue weighted by Gasteiger charge is -2.49. The minimum Gasteiger partial charge on any atom is -0.465 e. The topological polar surface area (TPSA) is 29.5 Å². The number of carbonyl (C=O) groups excluding carboxylic acids is 1. The third kappa shape index (κ3) is 3.94. The van der Waals surface area contributed by atoms with Crippen molar-refractivity contribution in [3.05, 3.63) is 35.9 Å². The van der Waals surface area contributed by atoms with E-state index in [4.69, 9.17) is 4.74 Å². The minimum atomic E-state index is -0.602. The van der Waals surface area contributed by atoms with Gasteiger partial charge in [0.1, 0.15) is 5.41 Å². The molecule has 1 aliphatic rings. The molecule has 1 saturated carbocycles. The average Bonchev–Trinajstić information content (AvgIpc) is 2.81. The molecule has 1 fully saturated rings. The van der Waals surface area contributed by atoms with Gasteiger partial charge in [-0.15, -0.1) is 12.4 Å². The van der Waals surface area contributed by atoms with Crippen LogP contribution in [0.5, 0.6) is 0 Å². The largest absolute Gasteiger partial charge is 0.465 e. The monoisotopic (exact) mass is 381 g/mol. The summed E-state index contributed by atoms with van der Waals surface area (Å²) < 4.78 is 5.65. The van der Waals surface area contributed by atoms with Gasteiger partial charge in [0.2, 0.25) is 0 Å². The van der Waals surface area contributed by atoms with Crippen LogP contribution in [0.15, 0.2) is 30.3 Å². The smallest absolute Gasteiger partial charge is 0.318 e. The van der Waals surface area contributed by atoms with E-state index in [1.807, 2.05) is 25.1 Å². The summed E-state index contributed by atoms with van der Waals surface area (Å²) in [7, 11) is 0. The number of hydrogen-bond donors (Lipinski definition) is 0. The number of nitrogens with zero attached hydrogens (tertiary/aromatic N) is 1. The van der Waals surface area contributed by atoms with Crippen molar-refractivity contribution in [3.8, 4) is 0 Å². The number of esters is 1. The van der Waals surface area contributed by atoms with E-state index in [2.05, 4.69) is 58.6 Å². The molecule has 0 aromatic heterocycles. The van der Waals surface area contributed by atoms with Crippen LogP contribution < -0.4 is 0 Å². The molecule has 0 amide bonds. The van der Waals surface area contributed by atoms with Crippen LogP contribution >= 0.6 is 12.4 Å². The summed E-state index contributed by atoms with van der Waals surface area (Å²) in [5.74, 6) is -0.0666. The van der Waals surface area contributed by atoms with Gasteiger partial charge in [0.05, 0.1) is 6.61 Å². The Morgan fingerprint density at radius 3 is 2.12 bits per heavy atom. The highest BCUT2D eigenvalue weighted by atomic mass is 35.5. The van der Waals surface area contributed by atoms with E-state index in [0.29, 0.717) is 18.7 Å². The molecule has 2 unspecified atom stereocenters. The maximum absolute atomic E-state index is 13.4. The van der Waals surface area contributed by atoms with Gasteiger partial charge in [0.25, 0.3) is 0 Å². The van der Waals surface area contributed by atoms with Crippen molar-refractivity contribution in [2.75, 3.05) is 6.61 Å². The normalized spacial score (nSPS) is 24.8. The maximum atomic E-state index is 13.4. The van der Waals surface area contributed by atoms with E-state index >= 15 is 0 Å². The molecule has 1 aliphatic carbocycles. The molecule has 0 radical (unpaired) electrons. The summed E-state index contributed by atoms with van der Waals surface area (Å²) in [6.45, 7) is 15.9. The van der Waals surface area contributed by atoms with Gasteiger partial charge in [-0.1, -0.05) is 44.2 Å². The number of ether oxygens (including phenoxy) is 1. The van der Waals surface area contributed by atoms with Crippen LogP contribution in [0.3, 0.4) is 0 Å².